The summed E-state index contributed by atoms with van der Waals surface area (Å²) in [7, 11) is 1.61. The third kappa shape index (κ3) is 9.74. The van der Waals surface area contributed by atoms with Crippen molar-refractivity contribution >= 4 is 16.6 Å². The van der Waals surface area contributed by atoms with Crippen LogP contribution in [0.2, 0.25) is 0 Å². The highest BCUT2D eigenvalue weighted by atomic mass is 16.5. The number of aliphatic hydroxyl groups is 2. The van der Waals surface area contributed by atoms with E-state index in [-0.39, 0.29) is 35.5 Å². The molecule has 6 heteroatoms. The van der Waals surface area contributed by atoms with Gasteiger partial charge < -0.3 is 24.8 Å². The number of hydrogen-bond donors (Lipinski definition) is 3. The summed E-state index contributed by atoms with van der Waals surface area (Å²) in [4.78, 5) is 12.9. The second-order valence-corrected chi connectivity index (χ2v) is 12.9. The number of phenolic OH excluding ortho intramolecular Hbond substituents is 1. The van der Waals surface area contributed by atoms with Crippen molar-refractivity contribution < 1.29 is 29.6 Å². The molecule has 4 aromatic carbocycles. The smallest absolute Gasteiger partial charge is 0.161 e. The molecule has 0 saturated heterocycles. The van der Waals surface area contributed by atoms with Crippen molar-refractivity contribution in [2.45, 2.75) is 77.4 Å². The topological polar surface area (TPSA) is 96.2 Å². The maximum absolute atomic E-state index is 12.9. The summed E-state index contributed by atoms with van der Waals surface area (Å²) in [5, 5.41) is 33.2. The number of ether oxygens (including phenoxy) is 2. The van der Waals surface area contributed by atoms with Crippen LogP contribution in [0.1, 0.15) is 67.7 Å². The van der Waals surface area contributed by atoms with Crippen LogP contribution in [0.4, 0.5) is 0 Å². The third-order valence-corrected chi connectivity index (χ3v) is 9.34. The van der Waals surface area contributed by atoms with Crippen LogP contribution in [0.25, 0.3) is 10.8 Å². The molecule has 0 saturated carbocycles. The molecule has 3 atom stereocenters. The predicted molar refractivity (Wildman–Crippen MR) is 192 cm³/mol. The van der Waals surface area contributed by atoms with E-state index in [9.17, 15) is 20.1 Å². The summed E-state index contributed by atoms with van der Waals surface area (Å²) in [5.74, 6) is 1.96. The Balaban J connectivity index is 1.11. The number of carbonyl (C=O) groups is 1. The molecule has 3 N–H and O–H groups in total. The van der Waals surface area contributed by atoms with Gasteiger partial charge in [-0.05, 0) is 126 Å². The number of carbonyl (C=O) groups excluding carboxylic acids is 1. The lowest BCUT2D eigenvalue weighted by Crippen LogP contribution is -2.23. The molecule has 0 aromatic heterocycles. The number of rotatable bonds is 17. The largest absolute Gasteiger partial charge is 0.508 e. The highest BCUT2D eigenvalue weighted by Gasteiger charge is 2.25. The summed E-state index contributed by atoms with van der Waals surface area (Å²) < 4.78 is 11.7. The minimum atomic E-state index is -0.765. The van der Waals surface area contributed by atoms with Crippen LogP contribution in [0, 0.1) is 11.8 Å². The Bertz CT molecular complexity index is 1720. The van der Waals surface area contributed by atoms with Gasteiger partial charge in [-0.25, -0.2) is 0 Å². The summed E-state index contributed by atoms with van der Waals surface area (Å²) in [6.45, 7) is 2.42. The van der Waals surface area contributed by atoms with Gasteiger partial charge >= 0.3 is 0 Å². The van der Waals surface area contributed by atoms with E-state index in [1.807, 2.05) is 42.5 Å². The first-order valence-corrected chi connectivity index (χ1v) is 17.2. The number of Topliss-reactive ketones (excluding diaryl/α,β-unsaturated/α-hetero) is 1. The van der Waals surface area contributed by atoms with Gasteiger partial charge in [0.25, 0.3) is 0 Å². The highest BCUT2D eigenvalue weighted by molar-refractivity contribution is 5.87. The Morgan fingerprint density at radius 1 is 0.854 bits per heavy atom. The second kappa shape index (κ2) is 17.0. The Morgan fingerprint density at radius 3 is 2.46 bits per heavy atom. The van der Waals surface area contributed by atoms with Crippen molar-refractivity contribution in [3.63, 3.8) is 0 Å². The molecule has 0 heterocycles. The van der Waals surface area contributed by atoms with E-state index < -0.39 is 6.10 Å². The second-order valence-electron chi connectivity index (χ2n) is 12.9. The molecule has 1 aliphatic rings. The number of benzene rings is 4. The van der Waals surface area contributed by atoms with Crippen LogP contribution in [0.3, 0.4) is 0 Å². The average molecular weight is 649 g/mol. The number of unbranched alkanes of at least 4 members (excludes halogenated alkanes) is 1. The molecule has 0 spiro atoms. The van der Waals surface area contributed by atoms with E-state index >= 15 is 0 Å². The van der Waals surface area contributed by atoms with Crippen molar-refractivity contribution in [2.24, 2.45) is 11.8 Å². The van der Waals surface area contributed by atoms with Gasteiger partial charge in [0.05, 0.1) is 13.2 Å². The summed E-state index contributed by atoms with van der Waals surface area (Å²) in [6, 6.07) is 25.9. The van der Waals surface area contributed by atoms with Gasteiger partial charge in [-0.2, -0.15) is 0 Å². The zero-order valence-corrected chi connectivity index (χ0v) is 28.1. The first kappa shape index (κ1) is 34.8. The minimum absolute atomic E-state index is 0.000801. The monoisotopic (exact) mass is 648 g/mol. The number of ketones is 1. The van der Waals surface area contributed by atoms with E-state index in [0.29, 0.717) is 37.4 Å². The molecular formula is C42H48O6. The number of hydrogen-bond acceptors (Lipinski definition) is 6. The molecule has 0 aliphatic heterocycles. The molecule has 0 unspecified atom stereocenters. The molecule has 0 bridgehead atoms. The number of aliphatic hydroxyl groups excluding tert-OH is 2. The van der Waals surface area contributed by atoms with Gasteiger partial charge in [0.1, 0.15) is 23.9 Å². The molecule has 4 aromatic rings. The van der Waals surface area contributed by atoms with Crippen LogP contribution in [0.15, 0.2) is 103 Å². The molecule has 1 aliphatic carbocycles. The molecule has 252 valence electrons. The number of allylic oxidation sites excluding steroid dienone is 3. The fourth-order valence-corrected chi connectivity index (χ4v) is 6.71. The van der Waals surface area contributed by atoms with Gasteiger partial charge in [0.2, 0.25) is 0 Å². The van der Waals surface area contributed by atoms with E-state index in [0.717, 1.165) is 59.6 Å². The molecule has 0 fully saturated rings. The Kier molecular flexibility index (Phi) is 12.3. The molecule has 0 radical (unpaired) electrons. The van der Waals surface area contributed by atoms with E-state index in [1.54, 1.807) is 25.3 Å². The van der Waals surface area contributed by atoms with E-state index in [1.165, 1.54) is 5.56 Å². The summed E-state index contributed by atoms with van der Waals surface area (Å²) in [6.07, 6.45) is 11.2. The lowest BCUT2D eigenvalue weighted by molar-refractivity contribution is -0.121. The zero-order valence-electron chi connectivity index (χ0n) is 28.1. The number of aromatic hydroxyl groups is 1. The number of aryl methyl sites for hydroxylation is 3. The molecule has 48 heavy (non-hydrogen) atoms. The van der Waals surface area contributed by atoms with Crippen molar-refractivity contribution in [2.75, 3.05) is 7.11 Å². The molecule has 0 amide bonds. The van der Waals surface area contributed by atoms with Crippen LogP contribution >= 0.6 is 0 Å². The fraction of sp³-hybridized carbons (Fsp3) is 0.357. The average Bonchev–Trinajstić information content (AvgIpc) is 3.09. The molecule has 6 nitrogen and oxygen atoms in total. The lowest BCUT2D eigenvalue weighted by Gasteiger charge is -2.27. The first-order valence-electron chi connectivity index (χ1n) is 17.2. The third-order valence-electron chi connectivity index (χ3n) is 9.34. The van der Waals surface area contributed by atoms with Crippen molar-refractivity contribution in [1.29, 1.82) is 0 Å². The van der Waals surface area contributed by atoms with E-state index in [4.69, 9.17) is 9.47 Å². The van der Waals surface area contributed by atoms with Crippen molar-refractivity contribution in [3.8, 4) is 17.2 Å². The van der Waals surface area contributed by atoms with Crippen molar-refractivity contribution in [1.82, 2.24) is 0 Å². The quantitative estimate of drug-likeness (QED) is 0.0990. The molecular weight excluding hydrogens is 600 g/mol. The Hall–Kier alpha value is -4.55. The van der Waals surface area contributed by atoms with Crippen LogP contribution < -0.4 is 9.47 Å². The van der Waals surface area contributed by atoms with Crippen LogP contribution in [0.5, 0.6) is 17.2 Å². The van der Waals surface area contributed by atoms with E-state index in [2.05, 4.69) is 43.3 Å². The maximum atomic E-state index is 12.9. The first-order chi connectivity index (χ1) is 23.3. The number of phenols is 1. The summed E-state index contributed by atoms with van der Waals surface area (Å²) in [5.41, 5.74) is 4.38. The SMILES string of the molecule is CCc1cc(O)cc2ccc(COc3cc(CCC(=O)C[C@@H](O)C[C@@H]4C=C(O)C=C[C@H]4CCCCc4ccccc4)ccc3OC)cc12. The standard InChI is InChI=1S/C42H48O6/c1-3-32-23-38(45)24-34-16-13-31(21-40(32)34)28-48-42-22-30(15-20-41(42)47-2)14-18-37(44)27-39(46)26-35-25-36(43)19-17-33(35)12-8-7-11-29-9-5-4-6-10-29/h4-6,9-10,13,15-17,19-25,33,35,39,43,45-46H,3,7-8,11-12,14,18,26-28H2,1-2H3/t33-,35+,39+/m1/s1. The van der Waals surface area contributed by atoms with Crippen molar-refractivity contribution in [3.05, 3.63) is 125 Å². The maximum Gasteiger partial charge on any atom is 0.161 e. The van der Waals surface area contributed by atoms with Gasteiger partial charge in [0, 0.05) is 12.8 Å². The zero-order chi connectivity index (χ0) is 33.9. The normalized spacial score (nSPS) is 16.4. The number of methoxy groups -OCH3 is 1. The van der Waals surface area contributed by atoms with Gasteiger partial charge in [0.15, 0.2) is 11.5 Å². The Morgan fingerprint density at radius 2 is 1.67 bits per heavy atom. The minimum Gasteiger partial charge on any atom is -0.508 e. The highest BCUT2D eigenvalue weighted by Crippen LogP contribution is 2.33. The Labute approximate surface area is 284 Å². The van der Waals surface area contributed by atoms with Crippen LogP contribution in [-0.2, 0) is 30.7 Å². The number of fused-ring (bicyclic) bond motifs is 1. The van der Waals surface area contributed by atoms with Gasteiger partial charge in [-0.1, -0.05) is 68.0 Å². The summed E-state index contributed by atoms with van der Waals surface area (Å²) >= 11 is 0. The van der Waals surface area contributed by atoms with Gasteiger partial charge in [-0.3, -0.25) is 4.79 Å². The lowest BCUT2D eigenvalue weighted by atomic mass is 9.80. The van der Waals surface area contributed by atoms with Gasteiger partial charge in [-0.15, -0.1) is 0 Å². The molecule has 5 rings (SSSR count). The fourth-order valence-electron chi connectivity index (χ4n) is 6.71. The van der Waals surface area contributed by atoms with Crippen LogP contribution in [-0.4, -0.2) is 34.3 Å². The predicted octanol–water partition coefficient (Wildman–Crippen LogP) is 9.00.